The van der Waals surface area contributed by atoms with Crippen LogP contribution in [0.4, 0.5) is 0 Å². The van der Waals surface area contributed by atoms with Gasteiger partial charge >= 0.3 is 5.63 Å². The van der Waals surface area contributed by atoms with Gasteiger partial charge < -0.3 is 4.42 Å². The van der Waals surface area contributed by atoms with Gasteiger partial charge in [-0.2, -0.15) is 0 Å². The van der Waals surface area contributed by atoms with Gasteiger partial charge in [-0.05, 0) is 28.5 Å². The number of alkyl halides is 1. The Kier molecular flexibility index (Phi) is 2.72. The van der Waals surface area contributed by atoms with Crippen molar-refractivity contribution in [2.24, 2.45) is 0 Å². The van der Waals surface area contributed by atoms with Crippen LogP contribution in [0.2, 0.25) is 0 Å². The summed E-state index contributed by atoms with van der Waals surface area (Å²) in [4.78, 5) is 12.4. The molecule has 102 valence electrons. The number of para-hydroxylation sites is 1. The highest BCUT2D eigenvalue weighted by Crippen LogP contribution is 2.32. The molecular weight excluding hydrogens is 284 g/mol. The van der Waals surface area contributed by atoms with E-state index in [1.54, 1.807) is 0 Å². The third-order valence-electron chi connectivity index (χ3n) is 3.84. The van der Waals surface area contributed by atoms with E-state index in [1.807, 2.05) is 54.6 Å². The van der Waals surface area contributed by atoms with Gasteiger partial charge in [-0.3, -0.25) is 0 Å². The number of hydrogen-bond acceptors (Lipinski definition) is 2. The molecule has 0 aliphatic heterocycles. The second kappa shape index (κ2) is 4.61. The lowest BCUT2D eigenvalue weighted by atomic mass is 9.96. The highest BCUT2D eigenvalue weighted by atomic mass is 35.5. The van der Waals surface area contributed by atoms with E-state index in [2.05, 4.69) is 0 Å². The molecule has 0 fully saturated rings. The number of benzene rings is 3. The van der Waals surface area contributed by atoms with Crippen LogP contribution in [0.5, 0.6) is 0 Å². The van der Waals surface area contributed by atoms with E-state index in [0.29, 0.717) is 11.0 Å². The van der Waals surface area contributed by atoms with E-state index in [0.717, 1.165) is 27.1 Å². The molecule has 0 saturated carbocycles. The van der Waals surface area contributed by atoms with Crippen molar-refractivity contribution >= 4 is 44.1 Å². The van der Waals surface area contributed by atoms with Gasteiger partial charge in [-0.1, -0.05) is 42.5 Å². The summed E-state index contributed by atoms with van der Waals surface area (Å²) in [6.45, 7) is 0. The van der Waals surface area contributed by atoms with Gasteiger partial charge in [0.1, 0.15) is 5.58 Å². The Labute approximate surface area is 125 Å². The fourth-order valence-corrected chi connectivity index (χ4v) is 3.15. The number of halogens is 1. The first-order valence-corrected chi connectivity index (χ1v) is 7.25. The predicted octanol–water partition coefficient (Wildman–Crippen LogP) is 4.84. The average Bonchev–Trinajstić information content (AvgIpc) is 2.53. The van der Waals surface area contributed by atoms with Crippen molar-refractivity contribution in [3.63, 3.8) is 0 Å². The predicted molar refractivity (Wildman–Crippen MR) is 87.1 cm³/mol. The summed E-state index contributed by atoms with van der Waals surface area (Å²) in [7, 11) is 0. The monoisotopic (exact) mass is 294 g/mol. The van der Waals surface area contributed by atoms with Crippen molar-refractivity contribution in [1.82, 2.24) is 0 Å². The molecule has 0 aliphatic rings. The van der Waals surface area contributed by atoms with E-state index in [1.165, 1.54) is 0 Å². The second-order valence-corrected chi connectivity index (χ2v) is 5.29. The Morgan fingerprint density at radius 2 is 1.62 bits per heavy atom. The van der Waals surface area contributed by atoms with Crippen molar-refractivity contribution in [3.8, 4) is 0 Å². The zero-order valence-corrected chi connectivity index (χ0v) is 11.9. The first kappa shape index (κ1) is 12.4. The third-order valence-corrected chi connectivity index (χ3v) is 4.13. The lowest BCUT2D eigenvalue weighted by Crippen LogP contribution is -2.03. The summed E-state index contributed by atoms with van der Waals surface area (Å²) in [6, 6.07) is 17.6. The van der Waals surface area contributed by atoms with Gasteiger partial charge in [0.15, 0.2) is 0 Å². The molecule has 1 aromatic heterocycles. The summed E-state index contributed by atoms with van der Waals surface area (Å²) < 4.78 is 5.45. The number of hydrogen-bond donors (Lipinski definition) is 0. The van der Waals surface area contributed by atoms with Crippen LogP contribution in [0, 0.1) is 0 Å². The Morgan fingerprint density at radius 1 is 0.905 bits per heavy atom. The van der Waals surface area contributed by atoms with Gasteiger partial charge in [0.05, 0.1) is 5.39 Å². The average molecular weight is 295 g/mol. The summed E-state index contributed by atoms with van der Waals surface area (Å²) in [5.41, 5.74) is 1.09. The molecule has 0 spiro atoms. The van der Waals surface area contributed by atoms with Crippen LogP contribution in [0.3, 0.4) is 0 Å². The van der Waals surface area contributed by atoms with Gasteiger partial charge in [-0.15, -0.1) is 11.6 Å². The van der Waals surface area contributed by atoms with Gasteiger partial charge in [0, 0.05) is 16.7 Å². The van der Waals surface area contributed by atoms with Crippen molar-refractivity contribution < 1.29 is 4.42 Å². The molecule has 0 atom stereocenters. The van der Waals surface area contributed by atoms with E-state index in [4.69, 9.17) is 16.0 Å². The van der Waals surface area contributed by atoms with Gasteiger partial charge in [0.2, 0.25) is 0 Å². The summed E-state index contributed by atoms with van der Waals surface area (Å²) in [6.07, 6.45) is 0. The van der Waals surface area contributed by atoms with E-state index < -0.39 is 0 Å². The normalized spacial score (nSPS) is 11.5. The molecule has 21 heavy (non-hydrogen) atoms. The van der Waals surface area contributed by atoms with Crippen LogP contribution in [-0.2, 0) is 5.88 Å². The Hall–Kier alpha value is -2.32. The molecule has 0 saturated heterocycles. The molecule has 4 aromatic rings. The zero-order valence-electron chi connectivity index (χ0n) is 11.1. The van der Waals surface area contributed by atoms with Crippen LogP contribution in [0.15, 0.2) is 63.8 Å². The smallest absolute Gasteiger partial charge is 0.344 e. The minimum atomic E-state index is -0.329. The lowest BCUT2D eigenvalue weighted by molar-refractivity contribution is 0.569. The van der Waals surface area contributed by atoms with Crippen LogP contribution < -0.4 is 5.63 Å². The maximum absolute atomic E-state index is 12.4. The molecule has 0 N–H and O–H groups in total. The van der Waals surface area contributed by atoms with Crippen LogP contribution in [0.25, 0.3) is 32.5 Å². The fraction of sp³-hybridized carbons (Fsp3) is 0.0556. The van der Waals surface area contributed by atoms with Crippen LogP contribution >= 0.6 is 11.6 Å². The minimum absolute atomic E-state index is 0.282. The topological polar surface area (TPSA) is 30.2 Å². The Bertz CT molecular complexity index is 1030. The van der Waals surface area contributed by atoms with E-state index >= 15 is 0 Å². The number of rotatable bonds is 1. The third kappa shape index (κ3) is 1.76. The molecule has 0 amide bonds. The number of fused-ring (bicyclic) bond motifs is 5. The quantitative estimate of drug-likeness (QED) is 0.286. The summed E-state index contributed by atoms with van der Waals surface area (Å²) in [5.74, 6) is 0.282. The summed E-state index contributed by atoms with van der Waals surface area (Å²) in [5, 5.41) is 4.58. The summed E-state index contributed by atoms with van der Waals surface area (Å²) >= 11 is 6.05. The first-order valence-electron chi connectivity index (χ1n) is 6.72. The molecule has 3 heteroatoms. The maximum Gasteiger partial charge on any atom is 0.344 e. The SMILES string of the molecule is O=c1oc2ccccc2c2c1c(CCl)cc1ccccc12. The zero-order chi connectivity index (χ0) is 14.4. The fourth-order valence-electron chi connectivity index (χ4n) is 2.94. The Morgan fingerprint density at radius 3 is 2.43 bits per heavy atom. The molecule has 3 aromatic carbocycles. The first-order chi connectivity index (χ1) is 10.3. The molecule has 0 bridgehead atoms. The lowest BCUT2D eigenvalue weighted by Gasteiger charge is -2.10. The minimum Gasteiger partial charge on any atom is -0.422 e. The molecule has 0 aliphatic carbocycles. The van der Waals surface area contributed by atoms with Crippen molar-refractivity contribution in [2.75, 3.05) is 0 Å². The standard InChI is InChI=1S/C18H11ClO2/c19-10-12-9-11-5-1-2-6-13(11)17-14-7-3-4-8-15(14)21-18(20)16(12)17/h1-9H,10H2. The van der Waals surface area contributed by atoms with Crippen molar-refractivity contribution in [2.45, 2.75) is 5.88 Å². The highest BCUT2D eigenvalue weighted by Gasteiger charge is 2.14. The van der Waals surface area contributed by atoms with Crippen LogP contribution in [-0.4, -0.2) is 0 Å². The molecule has 2 nitrogen and oxygen atoms in total. The maximum atomic E-state index is 12.4. The Balaban J connectivity index is 2.44. The van der Waals surface area contributed by atoms with E-state index in [-0.39, 0.29) is 11.5 Å². The molecular formula is C18H11ClO2. The highest BCUT2D eigenvalue weighted by molar-refractivity contribution is 6.22. The molecule has 0 radical (unpaired) electrons. The molecule has 0 unspecified atom stereocenters. The largest absolute Gasteiger partial charge is 0.422 e. The van der Waals surface area contributed by atoms with Crippen molar-refractivity contribution in [3.05, 3.63) is 70.6 Å². The van der Waals surface area contributed by atoms with Crippen molar-refractivity contribution in [1.29, 1.82) is 0 Å². The van der Waals surface area contributed by atoms with Crippen LogP contribution in [0.1, 0.15) is 5.56 Å². The van der Waals surface area contributed by atoms with Gasteiger partial charge in [-0.25, -0.2) is 4.79 Å². The second-order valence-electron chi connectivity index (χ2n) is 5.03. The van der Waals surface area contributed by atoms with E-state index in [9.17, 15) is 4.79 Å². The van der Waals surface area contributed by atoms with Gasteiger partial charge in [0.25, 0.3) is 0 Å². The molecule has 4 rings (SSSR count). The molecule has 1 heterocycles.